The van der Waals surface area contributed by atoms with E-state index in [9.17, 15) is 4.39 Å². The number of amidine groups is 1. The summed E-state index contributed by atoms with van der Waals surface area (Å²) in [6.45, 7) is 5.15. The molecule has 0 atom stereocenters. The van der Waals surface area contributed by atoms with Crippen molar-refractivity contribution in [3.63, 3.8) is 0 Å². The van der Waals surface area contributed by atoms with Crippen LogP contribution in [0.2, 0.25) is 0 Å². The smallest absolute Gasteiger partial charge is 0.136 e. The highest BCUT2D eigenvalue weighted by molar-refractivity contribution is 6.00. The number of nitrogen functional groups attached to an aromatic ring is 1. The zero-order valence-electron chi connectivity index (χ0n) is 10.3. The van der Waals surface area contributed by atoms with Crippen molar-refractivity contribution in [2.75, 3.05) is 11.4 Å². The second-order valence-corrected chi connectivity index (χ2v) is 5.12. The van der Waals surface area contributed by atoms with Gasteiger partial charge in [-0.3, -0.25) is 5.41 Å². The summed E-state index contributed by atoms with van der Waals surface area (Å²) in [7, 11) is 0. The molecule has 17 heavy (non-hydrogen) atoms. The third kappa shape index (κ3) is 1.99. The first kappa shape index (κ1) is 11.9. The van der Waals surface area contributed by atoms with Crippen LogP contribution in [0.1, 0.15) is 32.3 Å². The summed E-state index contributed by atoms with van der Waals surface area (Å²) in [5.41, 5.74) is 6.45. The number of hydrogen-bond acceptors (Lipinski definition) is 2. The number of hydrogen-bond donors (Lipinski definition) is 2. The minimum atomic E-state index is -0.419. The first-order chi connectivity index (χ1) is 7.93. The van der Waals surface area contributed by atoms with Gasteiger partial charge in [0.2, 0.25) is 0 Å². The molecule has 1 heterocycles. The van der Waals surface area contributed by atoms with Gasteiger partial charge in [-0.2, -0.15) is 0 Å². The average molecular weight is 235 g/mol. The molecule has 1 aromatic rings. The minimum Gasteiger partial charge on any atom is -0.384 e. The zero-order chi connectivity index (χ0) is 12.6. The standard InChI is InChI=1S/C13H18FN3/c1-13(2)7-4-8-17(13)10-6-3-5-9(14)11(10)12(15)16/h3,5-6H,4,7-8H2,1-2H3,(H3,15,16). The number of benzene rings is 1. The molecule has 0 saturated carbocycles. The molecule has 3 N–H and O–H groups in total. The van der Waals surface area contributed by atoms with Crippen molar-refractivity contribution < 1.29 is 4.39 Å². The lowest BCUT2D eigenvalue weighted by atomic mass is 10.00. The van der Waals surface area contributed by atoms with Gasteiger partial charge in [-0.1, -0.05) is 6.07 Å². The highest BCUT2D eigenvalue weighted by atomic mass is 19.1. The van der Waals surface area contributed by atoms with Gasteiger partial charge in [-0.15, -0.1) is 0 Å². The van der Waals surface area contributed by atoms with Crippen molar-refractivity contribution in [2.24, 2.45) is 5.73 Å². The average Bonchev–Trinajstić information content (AvgIpc) is 2.57. The fourth-order valence-electron chi connectivity index (χ4n) is 2.56. The molecule has 0 amide bonds. The molecule has 0 aromatic heterocycles. The van der Waals surface area contributed by atoms with Crippen molar-refractivity contribution in [1.82, 2.24) is 0 Å². The maximum Gasteiger partial charge on any atom is 0.136 e. The van der Waals surface area contributed by atoms with Crippen LogP contribution in [0.25, 0.3) is 0 Å². The zero-order valence-corrected chi connectivity index (χ0v) is 10.3. The van der Waals surface area contributed by atoms with E-state index in [4.69, 9.17) is 11.1 Å². The Hall–Kier alpha value is -1.58. The molecule has 92 valence electrons. The number of anilines is 1. The van der Waals surface area contributed by atoms with Crippen LogP contribution < -0.4 is 10.6 Å². The molecule has 4 heteroatoms. The van der Waals surface area contributed by atoms with Gasteiger partial charge in [0.1, 0.15) is 11.7 Å². The van der Waals surface area contributed by atoms with Gasteiger partial charge in [0.25, 0.3) is 0 Å². The topological polar surface area (TPSA) is 53.1 Å². The predicted octanol–water partition coefficient (Wildman–Crippen LogP) is 2.49. The molecular weight excluding hydrogens is 217 g/mol. The Morgan fingerprint density at radius 1 is 1.47 bits per heavy atom. The third-order valence-electron chi connectivity index (χ3n) is 3.45. The largest absolute Gasteiger partial charge is 0.384 e. The van der Waals surface area contributed by atoms with Gasteiger partial charge in [0.05, 0.1) is 11.3 Å². The van der Waals surface area contributed by atoms with E-state index in [0.29, 0.717) is 0 Å². The molecule has 1 aliphatic rings. The summed E-state index contributed by atoms with van der Waals surface area (Å²) in [6, 6.07) is 4.86. The molecule has 0 spiro atoms. The Kier molecular flexibility index (Phi) is 2.81. The van der Waals surface area contributed by atoms with Crippen LogP contribution in [0, 0.1) is 11.2 Å². The second-order valence-electron chi connectivity index (χ2n) is 5.12. The maximum atomic E-state index is 13.8. The Balaban J connectivity index is 2.52. The molecule has 1 aliphatic heterocycles. The maximum absolute atomic E-state index is 13.8. The number of nitrogens with two attached hydrogens (primary N) is 1. The van der Waals surface area contributed by atoms with Crippen molar-refractivity contribution in [3.05, 3.63) is 29.6 Å². The van der Waals surface area contributed by atoms with Gasteiger partial charge in [-0.05, 0) is 38.8 Å². The molecule has 0 bridgehead atoms. The first-order valence-corrected chi connectivity index (χ1v) is 5.84. The van der Waals surface area contributed by atoms with Crippen LogP contribution in [0.4, 0.5) is 10.1 Å². The molecule has 2 rings (SSSR count). The third-order valence-corrected chi connectivity index (χ3v) is 3.45. The highest BCUT2D eigenvalue weighted by Gasteiger charge is 2.34. The Morgan fingerprint density at radius 3 is 2.71 bits per heavy atom. The summed E-state index contributed by atoms with van der Waals surface area (Å²) in [4.78, 5) is 2.15. The van der Waals surface area contributed by atoms with E-state index in [1.807, 2.05) is 6.07 Å². The van der Waals surface area contributed by atoms with E-state index >= 15 is 0 Å². The monoisotopic (exact) mass is 235 g/mol. The van der Waals surface area contributed by atoms with E-state index in [-0.39, 0.29) is 16.9 Å². The number of halogens is 1. The lowest BCUT2D eigenvalue weighted by molar-refractivity contribution is 0.516. The molecule has 0 aliphatic carbocycles. The molecular formula is C13H18FN3. The van der Waals surface area contributed by atoms with Crippen molar-refractivity contribution in [1.29, 1.82) is 5.41 Å². The van der Waals surface area contributed by atoms with Crippen molar-refractivity contribution >= 4 is 11.5 Å². The number of nitrogens with one attached hydrogen (secondary N) is 1. The summed E-state index contributed by atoms with van der Waals surface area (Å²) in [6.07, 6.45) is 2.15. The second kappa shape index (κ2) is 4.02. The Bertz CT molecular complexity index is 454. The summed E-state index contributed by atoms with van der Waals surface area (Å²) >= 11 is 0. The van der Waals surface area contributed by atoms with Crippen LogP contribution in [-0.4, -0.2) is 17.9 Å². The fraction of sp³-hybridized carbons (Fsp3) is 0.462. The van der Waals surface area contributed by atoms with Crippen molar-refractivity contribution in [3.8, 4) is 0 Å². The summed E-state index contributed by atoms with van der Waals surface area (Å²) in [5.74, 6) is -0.626. The van der Waals surface area contributed by atoms with E-state index in [1.54, 1.807) is 6.07 Å². The van der Waals surface area contributed by atoms with Crippen LogP contribution in [0.15, 0.2) is 18.2 Å². The van der Waals surface area contributed by atoms with E-state index < -0.39 is 5.82 Å². The number of nitrogens with zero attached hydrogens (tertiary/aromatic N) is 1. The lowest BCUT2D eigenvalue weighted by Gasteiger charge is -2.35. The van der Waals surface area contributed by atoms with E-state index in [0.717, 1.165) is 25.1 Å². The van der Waals surface area contributed by atoms with E-state index in [1.165, 1.54) is 6.07 Å². The quantitative estimate of drug-likeness (QED) is 0.611. The van der Waals surface area contributed by atoms with Gasteiger partial charge >= 0.3 is 0 Å². The Labute approximate surface area is 101 Å². The molecule has 3 nitrogen and oxygen atoms in total. The van der Waals surface area contributed by atoms with Gasteiger partial charge in [0, 0.05) is 12.1 Å². The van der Waals surface area contributed by atoms with Gasteiger partial charge in [-0.25, -0.2) is 4.39 Å². The highest BCUT2D eigenvalue weighted by Crippen LogP contribution is 2.35. The van der Waals surface area contributed by atoms with Crippen molar-refractivity contribution in [2.45, 2.75) is 32.2 Å². The van der Waals surface area contributed by atoms with Gasteiger partial charge in [0.15, 0.2) is 0 Å². The van der Waals surface area contributed by atoms with Gasteiger partial charge < -0.3 is 10.6 Å². The molecule has 1 saturated heterocycles. The molecule has 1 fully saturated rings. The van der Waals surface area contributed by atoms with Crippen LogP contribution in [0.5, 0.6) is 0 Å². The fourth-order valence-corrected chi connectivity index (χ4v) is 2.56. The SMILES string of the molecule is CC1(C)CCCN1c1cccc(F)c1C(=N)N. The first-order valence-electron chi connectivity index (χ1n) is 5.84. The van der Waals surface area contributed by atoms with Crippen LogP contribution >= 0.6 is 0 Å². The summed E-state index contributed by atoms with van der Waals surface area (Å²) < 4.78 is 13.8. The molecule has 0 unspecified atom stereocenters. The van der Waals surface area contributed by atoms with Crippen LogP contribution in [-0.2, 0) is 0 Å². The van der Waals surface area contributed by atoms with Crippen LogP contribution in [0.3, 0.4) is 0 Å². The molecule has 0 radical (unpaired) electrons. The normalized spacial score (nSPS) is 18.4. The minimum absolute atomic E-state index is 0.00199. The number of rotatable bonds is 2. The molecule has 1 aromatic carbocycles. The Morgan fingerprint density at radius 2 is 2.18 bits per heavy atom. The lowest BCUT2D eigenvalue weighted by Crippen LogP contribution is -2.39. The van der Waals surface area contributed by atoms with E-state index in [2.05, 4.69) is 18.7 Å². The summed E-state index contributed by atoms with van der Waals surface area (Å²) in [5, 5.41) is 7.52. The predicted molar refractivity (Wildman–Crippen MR) is 68.1 cm³/mol.